The van der Waals surface area contributed by atoms with Crippen molar-refractivity contribution in [1.82, 2.24) is 15.1 Å². The predicted molar refractivity (Wildman–Crippen MR) is 94.1 cm³/mol. The zero-order valence-corrected chi connectivity index (χ0v) is 15.9. The Morgan fingerprint density at radius 2 is 2.05 bits per heavy atom. The van der Waals surface area contributed by atoms with Gasteiger partial charge in [-0.3, -0.25) is 4.68 Å². The van der Waals surface area contributed by atoms with Crippen LogP contribution in [-0.2, 0) is 13.1 Å². The van der Waals surface area contributed by atoms with Crippen LogP contribution in [0.25, 0.3) is 0 Å². The monoisotopic (exact) mass is 369 g/mol. The van der Waals surface area contributed by atoms with Crippen molar-refractivity contribution in [3.05, 3.63) is 37.2 Å². The summed E-state index contributed by atoms with van der Waals surface area (Å²) in [7, 11) is 0. The molecule has 0 spiro atoms. The molecule has 5 heteroatoms. The molecular formula is C16H24BrN3S. The normalized spacial score (nSPS) is 11.6. The van der Waals surface area contributed by atoms with Crippen LogP contribution in [0.4, 0.5) is 0 Å². The smallest absolute Gasteiger partial charge is 0.0738 e. The lowest BCUT2D eigenvalue weighted by molar-refractivity contribution is 0.554. The lowest BCUT2D eigenvalue weighted by Gasteiger charge is -2.05. The summed E-state index contributed by atoms with van der Waals surface area (Å²) in [4.78, 5) is 2.80. The fourth-order valence-corrected chi connectivity index (χ4v) is 3.61. The summed E-state index contributed by atoms with van der Waals surface area (Å²) in [6.07, 6.45) is 0. The minimum Gasteiger partial charge on any atom is -0.312 e. The number of halogens is 1. The molecule has 0 aliphatic heterocycles. The first kappa shape index (κ1) is 16.7. The van der Waals surface area contributed by atoms with Crippen molar-refractivity contribution in [3.8, 4) is 0 Å². The van der Waals surface area contributed by atoms with E-state index < -0.39 is 0 Å². The van der Waals surface area contributed by atoms with Gasteiger partial charge >= 0.3 is 0 Å². The van der Waals surface area contributed by atoms with E-state index >= 15 is 0 Å². The molecule has 0 atom stereocenters. The maximum absolute atomic E-state index is 4.60. The highest BCUT2D eigenvalue weighted by molar-refractivity contribution is 9.10. The second-order valence-corrected chi connectivity index (χ2v) is 8.10. The summed E-state index contributed by atoms with van der Waals surface area (Å²) >= 11 is 5.48. The molecule has 116 valence electrons. The van der Waals surface area contributed by atoms with Crippen molar-refractivity contribution in [2.45, 2.75) is 47.7 Å². The molecule has 0 radical (unpaired) electrons. The van der Waals surface area contributed by atoms with Crippen LogP contribution in [0.3, 0.4) is 0 Å². The highest BCUT2D eigenvalue weighted by atomic mass is 79.9. The zero-order valence-electron chi connectivity index (χ0n) is 13.5. The van der Waals surface area contributed by atoms with Gasteiger partial charge in [-0.05, 0) is 60.8 Å². The average Bonchev–Trinajstić information content (AvgIpc) is 2.86. The number of nitrogens with zero attached hydrogens (tertiary/aromatic N) is 2. The van der Waals surface area contributed by atoms with Crippen molar-refractivity contribution >= 4 is 27.3 Å². The molecule has 0 aliphatic rings. The van der Waals surface area contributed by atoms with Gasteiger partial charge in [0, 0.05) is 16.3 Å². The first-order chi connectivity index (χ1) is 9.88. The summed E-state index contributed by atoms with van der Waals surface area (Å²) < 4.78 is 3.20. The van der Waals surface area contributed by atoms with Crippen molar-refractivity contribution in [3.63, 3.8) is 0 Å². The number of hydrogen-bond donors (Lipinski definition) is 1. The largest absolute Gasteiger partial charge is 0.312 e. The Labute approximate surface area is 139 Å². The summed E-state index contributed by atoms with van der Waals surface area (Å²) in [5.41, 5.74) is 3.62. The van der Waals surface area contributed by atoms with Gasteiger partial charge in [-0.1, -0.05) is 13.8 Å². The molecule has 3 nitrogen and oxygen atoms in total. The van der Waals surface area contributed by atoms with Gasteiger partial charge in [0.05, 0.1) is 22.4 Å². The second kappa shape index (κ2) is 7.07. The molecule has 0 bridgehead atoms. The Hall–Kier alpha value is -0.650. The molecule has 1 N–H and O–H groups in total. The summed E-state index contributed by atoms with van der Waals surface area (Å²) in [5, 5.41) is 8.11. The van der Waals surface area contributed by atoms with Gasteiger partial charge in [0.2, 0.25) is 0 Å². The Kier molecular flexibility index (Phi) is 5.63. The summed E-state index contributed by atoms with van der Waals surface area (Å²) in [5.74, 6) is 0.692. The first-order valence-electron chi connectivity index (χ1n) is 7.37. The molecule has 21 heavy (non-hydrogen) atoms. The molecule has 0 amide bonds. The van der Waals surface area contributed by atoms with Crippen LogP contribution in [0.15, 0.2) is 10.5 Å². The lowest BCUT2D eigenvalue weighted by atomic mass is 10.2. The fraction of sp³-hybridized carbons (Fsp3) is 0.562. The van der Waals surface area contributed by atoms with Crippen LogP contribution >= 0.6 is 27.3 Å². The lowest BCUT2D eigenvalue weighted by Crippen LogP contribution is -2.18. The highest BCUT2D eigenvalue weighted by Crippen LogP contribution is 2.25. The average molecular weight is 370 g/mol. The zero-order chi connectivity index (χ0) is 15.6. The van der Waals surface area contributed by atoms with Crippen LogP contribution in [-0.4, -0.2) is 16.3 Å². The van der Waals surface area contributed by atoms with Crippen molar-refractivity contribution in [2.24, 2.45) is 5.92 Å². The SMILES string of the molecule is Cc1nn(Cc2cc(CNCC(C)C)sc2C)c(C)c1Br. The van der Waals surface area contributed by atoms with Crippen molar-refractivity contribution in [2.75, 3.05) is 6.54 Å². The molecule has 2 heterocycles. The van der Waals surface area contributed by atoms with E-state index in [0.717, 1.165) is 29.8 Å². The van der Waals surface area contributed by atoms with E-state index in [1.807, 2.05) is 18.3 Å². The maximum atomic E-state index is 4.60. The van der Waals surface area contributed by atoms with E-state index in [4.69, 9.17) is 0 Å². The van der Waals surface area contributed by atoms with E-state index in [9.17, 15) is 0 Å². The van der Waals surface area contributed by atoms with Gasteiger partial charge in [-0.15, -0.1) is 11.3 Å². The van der Waals surface area contributed by atoms with Gasteiger partial charge in [-0.2, -0.15) is 5.10 Å². The topological polar surface area (TPSA) is 29.9 Å². The highest BCUT2D eigenvalue weighted by Gasteiger charge is 2.12. The fourth-order valence-electron chi connectivity index (χ4n) is 2.31. The number of rotatable bonds is 6. The standard InChI is InChI=1S/C16H24BrN3S/c1-10(2)7-18-8-15-6-14(13(5)21-15)9-20-12(4)16(17)11(3)19-20/h6,10,18H,7-9H2,1-5H3. The van der Waals surface area contributed by atoms with Crippen LogP contribution in [0.1, 0.15) is 40.6 Å². The number of hydrogen-bond acceptors (Lipinski definition) is 3. The van der Waals surface area contributed by atoms with Crippen LogP contribution in [0.5, 0.6) is 0 Å². The summed E-state index contributed by atoms with van der Waals surface area (Å²) in [6, 6.07) is 2.32. The van der Waals surface area contributed by atoms with Crippen LogP contribution < -0.4 is 5.32 Å². The van der Waals surface area contributed by atoms with E-state index in [1.165, 1.54) is 21.0 Å². The minimum atomic E-state index is 0.692. The molecule has 0 saturated carbocycles. The van der Waals surface area contributed by atoms with Gasteiger partial charge in [0.1, 0.15) is 0 Å². The minimum absolute atomic E-state index is 0.692. The van der Waals surface area contributed by atoms with Crippen molar-refractivity contribution in [1.29, 1.82) is 0 Å². The third-order valence-electron chi connectivity index (χ3n) is 3.54. The molecule has 0 unspecified atom stereocenters. The Morgan fingerprint density at radius 1 is 1.33 bits per heavy atom. The molecule has 0 saturated heterocycles. The second-order valence-electron chi connectivity index (χ2n) is 5.96. The van der Waals surface area contributed by atoms with E-state index in [2.05, 4.69) is 64.8 Å². The van der Waals surface area contributed by atoms with Gasteiger partial charge in [0.15, 0.2) is 0 Å². The van der Waals surface area contributed by atoms with Crippen LogP contribution in [0, 0.1) is 26.7 Å². The Morgan fingerprint density at radius 3 is 2.62 bits per heavy atom. The third kappa shape index (κ3) is 4.18. The van der Waals surface area contributed by atoms with E-state index in [1.54, 1.807) is 0 Å². The molecule has 2 rings (SSSR count). The molecule has 0 fully saturated rings. The van der Waals surface area contributed by atoms with Gasteiger partial charge < -0.3 is 5.32 Å². The van der Waals surface area contributed by atoms with Crippen molar-refractivity contribution < 1.29 is 0 Å². The number of nitrogens with one attached hydrogen (secondary N) is 1. The number of thiophene rings is 1. The molecule has 0 aliphatic carbocycles. The maximum Gasteiger partial charge on any atom is 0.0738 e. The third-order valence-corrected chi connectivity index (χ3v) is 5.78. The Balaban J connectivity index is 2.07. The molecular weight excluding hydrogens is 346 g/mol. The van der Waals surface area contributed by atoms with Gasteiger partial charge in [-0.25, -0.2) is 0 Å². The number of aryl methyl sites for hydroxylation is 2. The molecule has 2 aromatic heterocycles. The van der Waals surface area contributed by atoms with Crippen LogP contribution in [0.2, 0.25) is 0 Å². The predicted octanol–water partition coefficient (Wildman–Crippen LogP) is 4.43. The quantitative estimate of drug-likeness (QED) is 0.816. The molecule has 0 aromatic carbocycles. The molecule has 2 aromatic rings. The van der Waals surface area contributed by atoms with Gasteiger partial charge in [0.25, 0.3) is 0 Å². The Bertz CT molecular complexity index is 613. The summed E-state index contributed by atoms with van der Waals surface area (Å²) in [6.45, 7) is 13.7. The first-order valence-corrected chi connectivity index (χ1v) is 8.97. The van der Waals surface area contributed by atoms with E-state index in [0.29, 0.717) is 5.92 Å². The van der Waals surface area contributed by atoms with E-state index in [-0.39, 0.29) is 0 Å². The number of aromatic nitrogens is 2.